The van der Waals surface area contributed by atoms with E-state index in [0.29, 0.717) is 0 Å². The summed E-state index contributed by atoms with van der Waals surface area (Å²) in [5.74, 6) is -2.22. The van der Waals surface area contributed by atoms with E-state index in [1.165, 1.54) is 32.2 Å². The van der Waals surface area contributed by atoms with Gasteiger partial charge in [0, 0.05) is 12.3 Å². The summed E-state index contributed by atoms with van der Waals surface area (Å²) in [4.78, 5) is 66.7. The first-order valence-electron chi connectivity index (χ1n) is 13.4. The van der Waals surface area contributed by atoms with Crippen LogP contribution in [-0.4, -0.2) is 51.4 Å². The first-order chi connectivity index (χ1) is 20.7. The third-order valence-electron chi connectivity index (χ3n) is 7.07. The summed E-state index contributed by atoms with van der Waals surface area (Å²) < 4.78 is 25.0. The Morgan fingerprint density at radius 3 is 1.84 bits per heavy atom. The number of esters is 3. The van der Waals surface area contributed by atoms with Crippen molar-refractivity contribution in [2.45, 2.75) is 44.0 Å². The molecule has 0 amide bonds. The number of aromatic nitrogens is 2. The predicted molar refractivity (Wildman–Crippen MR) is 152 cm³/mol. The molecular weight excluding hydrogens is 556 g/mol. The second kappa shape index (κ2) is 12.3. The van der Waals surface area contributed by atoms with Crippen molar-refractivity contribution in [1.29, 1.82) is 0 Å². The van der Waals surface area contributed by atoms with Crippen LogP contribution in [0.4, 0.5) is 0 Å². The van der Waals surface area contributed by atoms with Crippen LogP contribution in [0.2, 0.25) is 0 Å². The second-order valence-corrected chi connectivity index (χ2v) is 10.1. The van der Waals surface area contributed by atoms with Crippen LogP contribution in [0, 0.1) is 0 Å². The zero-order valence-electron chi connectivity index (χ0n) is 23.2. The van der Waals surface area contributed by atoms with E-state index < -0.39 is 59.3 Å². The molecule has 1 saturated heterocycles. The van der Waals surface area contributed by atoms with Gasteiger partial charge in [0.1, 0.15) is 12.2 Å². The Morgan fingerprint density at radius 1 is 0.791 bits per heavy atom. The molecule has 4 aromatic rings. The number of nitrogens with one attached hydrogen (secondary N) is 1. The van der Waals surface area contributed by atoms with E-state index in [1.54, 1.807) is 78.9 Å². The highest BCUT2D eigenvalue weighted by molar-refractivity contribution is 5.91. The molecule has 43 heavy (non-hydrogen) atoms. The van der Waals surface area contributed by atoms with Crippen molar-refractivity contribution in [1.82, 2.24) is 9.55 Å². The molecule has 0 bridgehead atoms. The highest BCUT2D eigenvalue weighted by atomic mass is 16.7. The van der Waals surface area contributed by atoms with E-state index in [-0.39, 0.29) is 16.7 Å². The number of carbonyl (C=O) groups excluding carboxylic acids is 3. The molecule has 1 N–H and O–H groups in total. The minimum absolute atomic E-state index is 0.191. The molecule has 1 fully saturated rings. The lowest BCUT2D eigenvalue weighted by molar-refractivity contribution is -0.113. The van der Waals surface area contributed by atoms with Crippen molar-refractivity contribution in [3.05, 3.63) is 141 Å². The Kier molecular flexibility index (Phi) is 8.35. The van der Waals surface area contributed by atoms with Crippen LogP contribution in [0.3, 0.4) is 0 Å². The summed E-state index contributed by atoms with van der Waals surface area (Å²) in [6.45, 7) is 2.98. The van der Waals surface area contributed by atoms with Crippen LogP contribution in [0.15, 0.2) is 113 Å². The molecule has 1 aliphatic heterocycles. The van der Waals surface area contributed by atoms with Crippen LogP contribution >= 0.6 is 0 Å². The maximum atomic E-state index is 13.4. The van der Waals surface area contributed by atoms with Crippen molar-refractivity contribution >= 4 is 17.9 Å². The molecule has 5 rings (SSSR count). The van der Waals surface area contributed by atoms with Gasteiger partial charge >= 0.3 is 23.6 Å². The molecule has 1 aromatic heterocycles. The Balaban J connectivity index is 1.58. The minimum atomic E-state index is -1.86. The quantitative estimate of drug-likeness (QED) is 0.243. The van der Waals surface area contributed by atoms with Gasteiger partial charge in [-0.05, 0) is 50.2 Å². The number of ether oxygens (including phenoxy) is 4. The lowest BCUT2D eigenvalue weighted by Gasteiger charge is -2.35. The molecule has 0 saturated carbocycles. The average Bonchev–Trinajstić information content (AvgIpc) is 3.29. The summed E-state index contributed by atoms with van der Waals surface area (Å²) in [5, 5.41) is 0. The molecule has 0 spiro atoms. The minimum Gasteiger partial charge on any atom is -0.456 e. The van der Waals surface area contributed by atoms with Crippen molar-refractivity contribution in [3.63, 3.8) is 0 Å². The summed E-state index contributed by atoms with van der Waals surface area (Å²) >= 11 is 0. The highest BCUT2D eigenvalue weighted by Crippen LogP contribution is 2.44. The monoisotopic (exact) mass is 584 g/mol. The van der Waals surface area contributed by atoms with Gasteiger partial charge in [-0.3, -0.25) is 14.3 Å². The predicted octanol–water partition coefficient (Wildman–Crippen LogP) is 3.52. The number of H-pyrrole nitrogens is 1. The first-order valence-corrected chi connectivity index (χ1v) is 13.4. The Labute approximate surface area is 245 Å². The summed E-state index contributed by atoms with van der Waals surface area (Å²) in [6, 6.07) is 25.6. The van der Waals surface area contributed by atoms with Gasteiger partial charge in [0.15, 0.2) is 17.9 Å². The van der Waals surface area contributed by atoms with Gasteiger partial charge in [-0.25, -0.2) is 19.2 Å². The normalized spacial score (nSPS) is 21.9. The molecule has 1 aliphatic rings. The number of hydrogen-bond acceptors (Lipinski definition) is 9. The van der Waals surface area contributed by atoms with Gasteiger partial charge in [0.2, 0.25) is 0 Å². The number of aromatic amines is 1. The van der Waals surface area contributed by atoms with E-state index in [0.717, 1.165) is 10.6 Å². The number of carbonyl (C=O) groups is 3. The maximum absolute atomic E-state index is 13.4. The summed E-state index contributed by atoms with van der Waals surface area (Å²) in [7, 11) is 0. The maximum Gasteiger partial charge on any atom is 0.338 e. The van der Waals surface area contributed by atoms with Crippen LogP contribution in [0.5, 0.6) is 0 Å². The van der Waals surface area contributed by atoms with E-state index in [4.69, 9.17) is 18.9 Å². The van der Waals surface area contributed by atoms with Crippen molar-refractivity contribution in [2.24, 2.45) is 0 Å². The second-order valence-electron chi connectivity index (χ2n) is 10.1. The lowest BCUT2D eigenvalue weighted by Crippen LogP contribution is -2.53. The fraction of sp³-hybridized carbons (Fsp3) is 0.219. The van der Waals surface area contributed by atoms with Crippen molar-refractivity contribution in [3.8, 4) is 0 Å². The third-order valence-corrected chi connectivity index (χ3v) is 7.07. The average molecular weight is 585 g/mol. The Morgan fingerprint density at radius 2 is 1.30 bits per heavy atom. The van der Waals surface area contributed by atoms with E-state index in [2.05, 4.69) is 4.98 Å². The molecule has 5 atom stereocenters. The van der Waals surface area contributed by atoms with E-state index >= 15 is 0 Å². The molecule has 2 heterocycles. The fourth-order valence-electron chi connectivity index (χ4n) is 4.89. The third kappa shape index (κ3) is 6.16. The number of hydrogen-bond donors (Lipinski definition) is 1. The first kappa shape index (κ1) is 29.2. The van der Waals surface area contributed by atoms with Gasteiger partial charge in [-0.1, -0.05) is 54.6 Å². The van der Waals surface area contributed by atoms with Gasteiger partial charge in [0.05, 0.1) is 16.7 Å². The lowest BCUT2D eigenvalue weighted by atomic mass is 9.93. The topological polar surface area (TPSA) is 143 Å². The van der Waals surface area contributed by atoms with Crippen LogP contribution in [-0.2, 0) is 18.9 Å². The highest BCUT2D eigenvalue weighted by Gasteiger charge is 2.62. The zero-order chi connectivity index (χ0) is 30.6. The van der Waals surface area contributed by atoms with Crippen molar-refractivity contribution in [2.75, 3.05) is 0 Å². The summed E-state index contributed by atoms with van der Waals surface area (Å²) in [5.41, 5.74) is -2.71. The number of nitrogens with zero attached hydrogens (tertiary/aromatic N) is 1. The molecule has 0 radical (unpaired) electrons. The zero-order valence-corrected chi connectivity index (χ0v) is 23.2. The Hall–Kier alpha value is -5.29. The number of benzene rings is 3. The van der Waals surface area contributed by atoms with Crippen LogP contribution < -0.4 is 11.2 Å². The molecule has 11 nitrogen and oxygen atoms in total. The number of rotatable bonds is 8. The van der Waals surface area contributed by atoms with Crippen LogP contribution in [0.1, 0.15) is 51.1 Å². The van der Waals surface area contributed by atoms with Crippen molar-refractivity contribution < 1.29 is 33.3 Å². The SMILES string of the molecule is CC(OC(=O)c1ccccc1)[C@H]1O[C@@H](n2ccc(=O)[nH]c2=O)[C@](C)(OC(=O)c2ccccc2)[C@@H]1OC(=O)c1ccccc1. The Bertz CT molecular complexity index is 1720. The molecule has 0 aliphatic carbocycles. The van der Waals surface area contributed by atoms with Gasteiger partial charge in [0.25, 0.3) is 5.56 Å². The standard InChI is InChI=1S/C32H28N2O9/c1-20(40-27(36)21-12-6-3-7-13-21)25-26(42-28(37)22-14-8-4-9-15-22)32(2,43-29(38)23-16-10-5-11-17-23)30(41-25)34-19-18-24(35)33-31(34)39/h3-20,25-26,30H,1-2H3,(H,33,35,39)/t20?,25-,26-,30-,32-/m1/s1. The van der Waals surface area contributed by atoms with Crippen LogP contribution in [0.25, 0.3) is 0 Å². The van der Waals surface area contributed by atoms with Gasteiger partial charge < -0.3 is 18.9 Å². The summed E-state index contributed by atoms with van der Waals surface area (Å²) in [6.07, 6.45) is -3.92. The molecule has 220 valence electrons. The fourth-order valence-corrected chi connectivity index (χ4v) is 4.89. The molecular formula is C32H28N2O9. The van der Waals surface area contributed by atoms with Gasteiger partial charge in [-0.2, -0.15) is 0 Å². The van der Waals surface area contributed by atoms with E-state index in [9.17, 15) is 24.0 Å². The molecule has 11 heteroatoms. The molecule has 1 unspecified atom stereocenters. The molecule has 3 aromatic carbocycles. The van der Waals surface area contributed by atoms with E-state index in [1.807, 2.05) is 0 Å². The smallest absolute Gasteiger partial charge is 0.338 e. The van der Waals surface area contributed by atoms with Gasteiger partial charge in [-0.15, -0.1) is 0 Å². The largest absolute Gasteiger partial charge is 0.456 e.